The number of carbonyl (C=O) groups excluding carboxylic acids is 1. The number of likely N-dealkylation sites (N-methyl/N-ethyl adjacent to an activating group) is 1. The fraction of sp³-hybridized carbons (Fsp3) is 0.500. The van der Waals surface area contributed by atoms with Crippen molar-refractivity contribution in [1.29, 1.82) is 0 Å². The highest BCUT2D eigenvalue weighted by molar-refractivity contribution is 5.98. The fourth-order valence-electron chi connectivity index (χ4n) is 3.22. The number of allylic oxidation sites excluding steroid dienone is 1. The SMILES string of the molecule is C=N/C(NC1(C)CC1)=C(\C)C(C(=O)N(CC)CCOc1ccc(OC)cc1)=C(C)C. The zero-order chi connectivity index (χ0) is 22.3. The van der Waals surface area contributed by atoms with Crippen LogP contribution in [-0.2, 0) is 4.79 Å². The molecule has 1 fully saturated rings. The number of methoxy groups -OCH3 is 1. The first-order chi connectivity index (χ1) is 14.2. The molecule has 1 aliphatic rings. The number of carbonyl (C=O) groups is 1. The second kappa shape index (κ2) is 10.3. The maximum Gasteiger partial charge on any atom is 0.254 e. The van der Waals surface area contributed by atoms with E-state index in [4.69, 9.17) is 9.47 Å². The zero-order valence-corrected chi connectivity index (χ0v) is 19.2. The van der Waals surface area contributed by atoms with Gasteiger partial charge >= 0.3 is 0 Å². The molecule has 164 valence electrons. The maximum atomic E-state index is 13.4. The summed E-state index contributed by atoms with van der Waals surface area (Å²) < 4.78 is 11.0. The quantitative estimate of drug-likeness (QED) is 0.333. The fourth-order valence-corrected chi connectivity index (χ4v) is 3.22. The van der Waals surface area contributed by atoms with Crippen LogP contribution in [-0.4, -0.2) is 49.9 Å². The minimum atomic E-state index is -0.0165. The summed E-state index contributed by atoms with van der Waals surface area (Å²) >= 11 is 0. The molecule has 0 radical (unpaired) electrons. The van der Waals surface area contributed by atoms with Crippen LogP contribution in [0.2, 0.25) is 0 Å². The Morgan fingerprint density at radius 3 is 2.27 bits per heavy atom. The Morgan fingerprint density at radius 1 is 1.20 bits per heavy atom. The van der Waals surface area contributed by atoms with Crippen LogP contribution in [0.25, 0.3) is 0 Å². The molecule has 1 aliphatic carbocycles. The third kappa shape index (κ3) is 6.12. The van der Waals surface area contributed by atoms with E-state index in [-0.39, 0.29) is 11.4 Å². The average Bonchev–Trinajstić information content (AvgIpc) is 3.46. The van der Waals surface area contributed by atoms with Gasteiger partial charge in [-0.1, -0.05) is 5.57 Å². The van der Waals surface area contributed by atoms with Crippen molar-refractivity contribution in [1.82, 2.24) is 10.2 Å². The normalized spacial score (nSPS) is 14.9. The number of ether oxygens (including phenoxy) is 2. The second-order valence-corrected chi connectivity index (χ2v) is 8.10. The van der Waals surface area contributed by atoms with Crippen LogP contribution >= 0.6 is 0 Å². The van der Waals surface area contributed by atoms with Crippen molar-refractivity contribution in [3.05, 3.63) is 46.8 Å². The molecule has 1 amide bonds. The number of nitrogens with zero attached hydrogens (tertiary/aromatic N) is 2. The third-order valence-corrected chi connectivity index (χ3v) is 5.38. The van der Waals surface area contributed by atoms with Crippen LogP contribution in [0, 0.1) is 0 Å². The molecule has 0 aliphatic heterocycles. The van der Waals surface area contributed by atoms with Crippen molar-refractivity contribution in [2.24, 2.45) is 4.99 Å². The first-order valence-electron chi connectivity index (χ1n) is 10.4. The lowest BCUT2D eigenvalue weighted by Crippen LogP contribution is -2.36. The van der Waals surface area contributed by atoms with E-state index in [1.807, 2.05) is 52.0 Å². The van der Waals surface area contributed by atoms with Gasteiger partial charge in [-0.2, -0.15) is 0 Å². The van der Waals surface area contributed by atoms with Crippen molar-refractivity contribution in [2.75, 3.05) is 26.8 Å². The Kier molecular flexibility index (Phi) is 8.09. The van der Waals surface area contributed by atoms with E-state index in [0.717, 1.165) is 35.5 Å². The van der Waals surface area contributed by atoms with Gasteiger partial charge in [0, 0.05) is 23.2 Å². The highest BCUT2D eigenvalue weighted by atomic mass is 16.5. The number of amides is 1. The molecule has 0 unspecified atom stereocenters. The minimum absolute atomic E-state index is 0.0165. The van der Waals surface area contributed by atoms with Gasteiger partial charge in [0.1, 0.15) is 23.9 Å². The number of hydrogen-bond donors (Lipinski definition) is 1. The molecule has 6 nitrogen and oxygen atoms in total. The molecule has 1 aromatic carbocycles. The largest absolute Gasteiger partial charge is 0.497 e. The van der Waals surface area contributed by atoms with Gasteiger partial charge in [0.25, 0.3) is 5.91 Å². The highest BCUT2D eigenvalue weighted by Gasteiger charge is 2.38. The van der Waals surface area contributed by atoms with E-state index in [1.54, 1.807) is 12.0 Å². The van der Waals surface area contributed by atoms with Crippen LogP contribution < -0.4 is 14.8 Å². The molecule has 30 heavy (non-hydrogen) atoms. The molecule has 0 bridgehead atoms. The van der Waals surface area contributed by atoms with Gasteiger partial charge in [0.05, 0.1) is 13.7 Å². The third-order valence-electron chi connectivity index (χ3n) is 5.38. The number of rotatable bonds is 11. The molecule has 1 aromatic rings. The van der Waals surface area contributed by atoms with Crippen molar-refractivity contribution < 1.29 is 14.3 Å². The number of hydrogen-bond acceptors (Lipinski definition) is 5. The lowest BCUT2D eigenvalue weighted by Gasteiger charge is -2.25. The van der Waals surface area contributed by atoms with Gasteiger partial charge in [0.2, 0.25) is 0 Å². The summed E-state index contributed by atoms with van der Waals surface area (Å²) in [4.78, 5) is 19.3. The standard InChI is InChI=1S/C24H35N3O3/c1-8-27(15-16-30-20-11-9-19(29-7)10-12-20)23(28)21(17(2)3)18(4)22(25-6)26-24(5)13-14-24/h9-12,26H,6,8,13-16H2,1-5,7H3/b22-18-. The lowest BCUT2D eigenvalue weighted by atomic mass is 10.0. The maximum absolute atomic E-state index is 13.4. The van der Waals surface area contributed by atoms with Crippen LogP contribution in [0.5, 0.6) is 11.5 Å². The molecule has 1 N–H and O–H groups in total. The van der Waals surface area contributed by atoms with Crippen molar-refractivity contribution in [3.63, 3.8) is 0 Å². The van der Waals surface area contributed by atoms with E-state index in [2.05, 4.69) is 24.0 Å². The first-order valence-corrected chi connectivity index (χ1v) is 10.4. The summed E-state index contributed by atoms with van der Waals surface area (Å²) in [6.45, 7) is 15.2. The topological polar surface area (TPSA) is 63.2 Å². The second-order valence-electron chi connectivity index (χ2n) is 8.10. The van der Waals surface area contributed by atoms with Gasteiger partial charge in [-0.05, 0) is 78.4 Å². The first kappa shape index (κ1) is 23.5. The Bertz CT molecular complexity index is 817. The molecule has 0 spiro atoms. The Morgan fingerprint density at radius 2 is 1.80 bits per heavy atom. The van der Waals surface area contributed by atoms with Crippen LogP contribution in [0.1, 0.15) is 47.5 Å². The molecule has 0 aromatic heterocycles. The molecular formula is C24H35N3O3. The molecule has 1 saturated carbocycles. The highest BCUT2D eigenvalue weighted by Crippen LogP contribution is 2.36. The van der Waals surface area contributed by atoms with Crippen molar-refractivity contribution >= 4 is 12.6 Å². The van der Waals surface area contributed by atoms with Gasteiger partial charge in [-0.15, -0.1) is 0 Å². The summed E-state index contributed by atoms with van der Waals surface area (Å²) in [5, 5.41) is 3.45. The Labute approximate surface area is 180 Å². The zero-order valence-electron chi connectivity index (χ0n) is 19.2. The van der Waals surface area contributed by atoms with Crippen LogP contribution in [0.3, 0.4) is 0 Å². The Hall–Kier alpha value is -2.76. The average molecular weight is 414 g/mol. The summed E-state index contributed by atoms with van der Waals surface area (Å²) in [5.74, 6) is 2.20. The molecule has 2 rings (SSSR count). The van der Waals surface area contributed by atoms with E-state index in [0.29, 0.717) is 31.1 Å². The molecule has 0 heterocycles. The predicted octanol–water partition coefficient (Wildman–Crippen LogP) is 4.33. The summed E-state index contributed by atoms with van der Waals surface area (Å²) in [6, 6.07) is 7.42. The molecule has 0 atom stereocenters. The molecular weight excluding hydrogens is 378 g/mol. The van der Waals surface area contributed by atoms with Gasteiger partial charge in [-0.25, -0.2) is 4.99 Å². The number of aliphatic imine (C=N–C) groups is 1. The number of nitrogens with one attached hydrogen (secondary N) is 1. The summed E-state index contributed by atoms with van der Waals surface area (Å²) in [6.07, 6.45) is 2.20. The minimum Gasteiger partial charge on any atom is -0.497 e. The molecule has 6 heteroatoms. The number of benzene rings is 1. The summed E-state index contributed by atoms with van der Waals surface area (Å²) in [7, 11) is 1.63. The van der Waals surface area contributed by atoms with E-state index < -0.39 is 0 Å². The van der Waals surface area contributed by atoms with Crippen LogP contribution in [0.4, 0.5) is 0 Å². The lowest BCUT2D eigenvalue weighted by molar-refractivity contribution is -0.127. The molecule has 0 saturated heterocycles. The predicted molar refractivity (Wildman–Crippen MR) is 122 cm³/mol. The van der Waals surface area contributed by atoms with Gasteiger partial charge in [-0.3, -0.25) is 4.79 Å². The van der Waals surface area contributed by atoms with Crippen LogP contribution in [0.15, 0.2) is 51.8 Å². The van der Waals surface area contributed by atoms with E-state index in [1.165, 1.54) is 0 Å². The monoisotopic (exact) mass is 413 g/mol. The van der Waals surface area contributed by atoms with Crippen molar-refractivity contribution in [3.8, 4) is 11.5 Å². The summed E-state index contributed by atoms with van der Waals surface area (Å²) in [5.41, 5.74) is 2.53. The Balaban J connectivity index is 2.09. The smallest absolute Gasteiger partial charge is 0.254 e. The van der Waals surface area contributed by atoms with Gasteiger partial charge in [0.15, 0.2) is 0 Å². The van der Waals surface area contributed by atoms with Gasteiger partial charge < -0.3 is 19.7 Å². The van der Waals surface area contributed by atoms with Crippen molar-refractivity contribution in [2.45, 2.75) is 53.0 Å². The van der Waals surface area contributed by atoms with E-state index >= 15 is 0 Å². The van der Waals surface area contributed by atoms with E-state index in [9.17, 15) is 4.79 Å².